The Hall–Kier alpha value is -1.56. The van der Waals surface area contributed by atoms with Crippen molar-refractivity contribution in [3.8, 4) is 0 Å². The van der Waals surface area contributed by atoms with Crippen molar-refractivity contribution < 1.29 is 14.7 Å². The second-order valence-corrected chi connectivity index (χ2v) is 4.42. The summed E-state index contributed by atoms with van der Waals surface area (Å²) in [5.41, 5.74) is 1.02. The van der Waals surface area contributed by atoms with Crippen molar-refractivity contribution in [1.82, 2.24) is 10.2 Å². The van der Waals surface area contributed by atoms with Gasteiger partial charge in [-0.1, -0.05) is 0 Å². The maximum atomic E-state index is 11.8. The number of urea groups is 1. The summed E-state index contributed by atoms with van der Waals surface area (Å²) in [6.45, 7) is 3.71. The van der Waals surface area contributed by atoms with Crippen LogP contribution in [0.3, 0.4) is 0 Å². The summed E-state index contributed by atoms with van der Waals surface area (Å²) >= 11 is 1.56. The van der Waals surface area contributed by atoms with Gasteiger partial charge < -0.3 is 15.3 Å². The Kier molecular flexibility index (Phi) is 4.96. The standard InChI is InChI=1S/C11H16N2O3S/c1-3-13(6-10(14)15)11(16)12-8(2)9-4-5-17-7-9/h4-5,7-8H,3,6H2,1-2H3,(H,12,16)(H,14,15). The molecule has 1 heterocycles. The quantitative estimate of drug-likeness (QED) is 0.845. The van der Waals surface area contributed by atoms with Crippen molar-refractivity contribution in [3.63, 3.8) is 0 Å². The number of thiophene rings is 1. The van der Waals surface area contributed by atoms with Gasteiger partial charge in [0.1, 0.15) is 6.54 Å². The van der Waals surface area contributed by atoms with Gasteiger partial charge in [-0.3, -0.25) is 4.79 Å². The van der Waals surface area contributed by atoms with Crippen molar-refractivity contribution >= 4 is 23.3 Å². The molecule has 0 saturated carbocycles. The average molecular weight is 256 g/mol. The number of carbonyl (C=O) groups is 2. The van der Waals surface area contributed by atoms with E-state index in [9.17, 15) is 9.59 Å². The van der Waals surface area contributed by atoms with Crippen LogP contribution in [0.5, 0.6) is 0 Å². The smallest absolute Gasteiger partial charge is 0.323 e. The highest BCUT2D eigenvalue weighted by atomic mass is 32.1. The van der Waals surface area contributed by atoms with E-state index in [0.29, 0.717) is 6.54 Å². The Bertz CT molecular complexity index is 378. The van der Waals surface area contributed by atoms with Crippen LogP contribution in [0.1, 0.15) is 25.5 Å². The Morgan fingerprint density at radius 3 is 2.76 bits per heavy atom. The molecule has 0 saturated heterocycles. The maximum Gasteiger partial charge on any atom is 0.323 e. The Morgan fingerprint density at radius 1 is 1.59 bits per heavy atom. The molecule has 0 fully saturated rings. The Labute approximate surface area is 104 Å². The number of likely N-dealkylation sites (N-methyl/N-ethyl adjacent to an activating group) is 1. The minimum Gasteiger partial charge on any atom is -0.480 e. The van der Waals surface area contributed by atoms with Crippen LogP contribution < -0.4 is 5.32 Å². The molecule has 2 N–H and O–H groups in total. The lowest BCUT2D eigenvalue weighted by Gasteiger charge is -2.22. The van der Waals surface area contributed by atoms with Crippen LogP contribution in [0.4, 0.5) is 4.79 Å². The van der Waals surface area contributed by atoms with Crippen molar-refractivity contribution in [2.75, 3.05) is 13.1 Å². The van der Waals surface area contributed by atoms with Crippen molar-refractivity contribution in [1.29, 1.82) is 0 Å². The minimum absolute atomic E-state index is 0.114. The molecular formula is C11H16N2O3S. The molecule has 1 unspecified atom stereocenters. The van der Waals surface area contributed by atoms with Gasteiger partial charge in [0, 0.05) is 6.54 Å². The predicted molar refractivity (Wildman–Crippen MR) is 66.1 cm³/mol. The highest BCUT2D eigenvalue weighted by molar-refractivity contribution is 7.07. The largest absolute Gasteiger partial charge is 0.480 e. The van der Waals surface area contributed by atoms with E-state index in [1.165, 1.54) is 4.90 Å². The summed E-state index contributed by atoms with van der Waals surface area (Å²) in [4.78, 5) is 23.6. The van der Waals surface area contributed by atoms with Gasteiger partial charge in [-0.2, -0.15) is 11.3 Å². The molecule has 0 bridgehead atoms. The van der Waals surface area contributed by atoms with Crippen LogP contribution in [-0.2, 0) is 4.79 Å². The molecule has 5 nitrogen and oxygen atoms in total. The lowest BCUT2D eigenvalue weighted by molar-refractivity contribution is -0.137. The zero-order chi connectivity index (χ0) is 12.8. The summed E-state index contributed by atoms with van der Waals surface area (Å²) in [5, 5.41) is 15.3. The van der Waals surface area contributed by atoms with Crippen LogP contribution in [0, 0.1) is 0 Å². The van der Waals surface area contributed by atoms with E-state index in [2.05, 4.69) is 5.32 Å². The molecule has 2 amide bonds. The summed E-state index contributed by atoms with van der Waals surface area (Å²) in [5.74, 6) is -1.01. The van der Waals surface area contributed by atoms with Gasteiger partial charge in [0.25, 0.3) is 0 Å². The van der Waals surface area contributed by atoms with E-state index in [-0.39, 0.29) is 18.6 Å². The number of nitrogens with one attached hydrogen (secondary N) is 1. The molecule has 0 aliphatic heterocycles. The molecule has 0 aliphatic rings. The van der Waals surface area contributed by atoms with Gasteiger partial charge in [-0.25, -0.2) is 4.79 Å². The number of amides is 2. The molecule has 1 aromatic rings. The minimum atomic E-state index is -1.01. The highest BCUT2D eigenvalue weighted by Gasteiger charge is 2.17. The topological polar surface area (TPSA) is 69.6 Å². The lowest BCUT2D eigenvalue weighted by Crippen LogP contribution is -2.43. The maximum absolute atomic E-state index is 11.8. The van der Waals surface area contributed by atoms with Crippen LogP contribution in [0.25, 0.3) is 0 Å². The number of carboxylic acid groups (broad SMARTS) is 1. The fraction of sp³-hybridized carbons (Fsp3) is 0.455. The van der Waals surface area contributed by atoms with E-state index in [1.54, 1.807) is 18.3 Å². The molecule has 0 aliphatic carbocycles. The molecule has 0 aromatic carbocycles. The van der Waals surface area contributed by atoms with E-state index >= 15 is 0 Å². The van der Waals surface area contributed by atoms with E-state index in [1.807, 2.05) is 23.8 Å². The molecule has 94 valence electrons. The van der Waals surface area contributed by atoms with E-state index in [4.69, 9.17) is 5.11 Å². The summed E-state index contributed by atoms with van der Waals surface area (Å²) in [7, 11) is 0. The Morgan fingerprint density at radius 2 is 2.29 bits per heavy atom. The molecule has 0 spiro atoms. The second-order valence-electron chi connectivity index (χ2n) is 3.64. The molecule has 1 atom stereocenters. The fourth-order valence-electron chi connectivity index (χ4n) is 1.37. The zero-order valence-corrected chi connectivity index (χ0v) is 10.7. The van der Waals surface area contributed by atoms with Crippen molar-refractivity contribution in [2.45, 2.75) is 19.9 Å². The molecule has 6 heteroatoms. The Balaban J connectivity index is 2.55. The van der Waals surface area contributed by atoms with Crippen molar-refractivity contribution in [2.24, 2.45) is 0 Å². The molecule has 0 radical (unpaired) electrons. The first kappa shape index (κ1) is 13.5. The van der Waals surface area contributed by atoms with Gasteiger partial charge in [-0.05, 0) is 36.2 Å². The van der Waals surface area contributed by atoms with Crippen LogP contribution >= 0.6 is 11.3 Å². The van der Waals surface area contributed by atoms with Gasteiger partial charge in [0.05, 0.1) is 6.04 Å². The highest BCUT2D eigenvalue weighted by Crippen LogP contribution is 2.15. The van der Waals surface area contributed by atoms with Gasteiger partial charge in [0.2, 0.25) is 0 Å². The summed E-state index contributed by atoms with van der Waals surface area (Å²) in [6, 6.07) is 1.47. The lowest BCUT2D eigenvalue weighted by atomic mass is 10.2. The first-order valence-corrected chi connectivity index (χ1v) is 6.28. The molecule has 1 aromatic heterocycles. The number of aliphatic carboxylic acids is 1. The monoisotopic (exact) mass is 256 g/mol. The first-order chi connectivity index (χ1) is 8.04. The number of carbonyl (C=O) groups excluding carboxylic acids is 1. The van der Waals surface area contributed by atoms with Crippen LogP contribution in [0.2, 0.25) is 0 Å². The van der Waals surface area contributed by atoms with Crippen molar-refractivity contribution in [3.05, 3.63) is 22.4 Å². The normalized spacial score (nSPS) is 11.9. The molecule has 17 heavy (non-hydrogen) atoms. The van der Waals surface area contributed by atoms with Crippen LogP contribution in [-0.4, -0.2) is 35.1 Å². The third-order valence-electron chi connectivity index (χ3n) is 2.38. The molecule has 1 rings (SSSR count). The van der Waals surface area contributed by atoms with Crippen LogP contribution in [0.15, 0.2) is 16.8 Å². The van der Waals surface area contributed by atoms with Gasteiger partial charge in [0.15, 0.2) is 0 Å². The number of hydrogen-bond donors (Lipinski definition) is 2. The number of hydrogen-bond acceptors (Lipinski definition) is 3. The van der Waals surface area contributed by atoms with Gasteiger partial charge in [-0.15, -0.1) is 0 Å². The molecular weight excluding hydrogens is 240 g/mol. The SMILES string of the molecule is CCN(CC(=O)O)C(=O)NC(C)c1ccsc1. The first-order valence-electron chi connectivity index (χ1n) is 5.34. The summed E-state index contributed by atoms with van der Waals surface area (Å²) < 4.78 is 0. The number of nitrogens with zero attached hydrogens (tertiary/aromatic N) is 1. The predicted octanol–water partition coefficient (Wildman–Crippen LogP) is 1.93. The second kappa shape index (κ2) is 6.24. The third kappa shape index (κ3) is 4.07. The number of carboxylic acids is 1. The summed E-state index contributed by atoms with van der Waals surface area (Å²) in [6.07, 6.45) is 0. The average Bonchev–Trinajstić information content (AvgIpc) is 2.78. The fourth-order valence-corrected chi connectivity index (χ4v) is 2.13. The third-order valence-corrected chi connectivity index (χ3v) is 3.08. The van der Waals surface area contributed by atoms with Gasteiger partial charge >= 0.3 is 12.0 Å². The van der Waals surface area contributed by atoms with E-state index < -0.39 is 5.97 Å². The van der Waals surface area contributed by atoms with E-state index in [0.717, 1.165) is 5.56 Å². The zero-order valence-electron chi connectivity index (χ0n) is 9.84. The number of rotatable bonds is 5.